The summed E-state index contributed by atoms with van der Waals surface area (Å²) in [6.45, 7) is 5.31. The van der Waals surface area contributed by atoms with Gasteiger partial charge >= 0.3 is 0 Å². The number of benzene rings is 1. The van der Waals surface area contributed by atoms with Gasteiger partial charge in [0.1, 0.15) is 5.76 Å². The Hall–Kier alpha value is -1.97. The third-order valence-electron chi connectivity index (χ3n) is 4.19. The number of aromatic nitrogens is 1. The van der Waals surface area contributed by atoms with E-state index in [2.05, 4.69) is 34.6 Å². The fourth-order valence-electron chi connectivity index (χ4n) is 2.80. The molecule has 1 aromatic heterocycles. The molecule has 0 saturated heterocycles. The van der Waals surface area contributed by atoms with Crippen molar-refractivity contribution in [3.63, 3.8) is 0 Å². The Bertz CT molecular complexity index is 725. The molecule has 2 rings (SSSR count). The number of hydrogen-bond acceptors (Lipinski definition) is 5. The first-order chi connectivity index (χ1) is 12.7. The van der Waals surface area contributed by atoms with Crippen LogP contribution in [-0.2, 0) is 25.9 Å². The van der Waals surface area contributed by atoms with Gasteiger partial charge in [-0.3, -0.25) is 4.99 Å². The number of hydrogen-bond donors (Lipinski definition) is 2. The highest BCUT2D eigenvalue weighted by molar-refractivity contribution is 14.0. The van der Waals surface area contributed by atoms with E-state index in [0.717, 1.165) is 41.2 Å². The average molecular weight is 488 g/mol. The molecular weight excluding hydrogens is 459 g/mol. The lowest BCUT2D eigenvalue weighted by atomic mass is 10.1. The molecule has 0 radical (unpaired) electrons. The summed E-state index contributed by atoms with van der Waals surface area (Å²) in [4.78, 5) is 4.28. The molecule has 0 aliphatic rings. The minimum absolute atomic E-state index is 0. The molecule has 0 aliphatic carbocycles. The van der Waals surface area contributed by atoms with Crippen LogP contribution in [0.5, 0.6) is 11.5 Å². The fourth-order valence-corrected chi connectivity index (χ4v) is 2.80. The number of ether oxygens (including phenoxy) is 2. The molecule has 8 heteroatoms. The second-order valence-electron chi connectivity index (χ2n) is 5.67. The van der Waals surface area contributed by atoms with Gasteiger partial charge < -0.3 is 24.6 Å². The molecule has 1 heterocycles. The summed E-state index contributed by atoms with van der Waals surface area (Å²) < 4.78 is 16.2. The van der Waals surface area contributed by atoms with Crippen molar-refractivity contribution < 1.29 is 14.0 Å². The van der Waals surface area contributed by atoms with Crippen LogP contribution in [0.2, 0.25) is 0 Å². The second-order valence-corrected chi connectivity index (χ2v) is 5.67. The number of aliphatic imine (C=N–C) groups is 1. The zero-order chi connectivity index (χ0) is 18.9. The highest BCUT2D eigenvalue weighted by Crippen LogP contribution is 2.30. The molecule has 0 bridgehead atoms. The van der Waals surface area contributed by atoms with Gasteiger partial charge in [-0.2, -0.15) is 0 Å². The van der Waals surface area contributed by atoms with E-state index in [1.165, 1.54) is 0 Å². The minimum atomic E-state index is 0. The van der Waals surface area contributed by atoms with Gasteiger partial charge in [-0.25, -0.2) is 0 Å². The Morgan fingerprint density at radius 2 is 1.85 bits per heavy atom. The maximum absolute atomic E-state index is 5.47. The molecule has 7 nitrogen and oxygen atoms in total. The van der Waals surface area contributed by atoms with Crippen molar-refractivity contribution in [2.75, 3.05) is 21.3 Å². The van der Waals surface area contributed by atoms with E-state index in [9.17, 15) is 0 Å². The molecule has 0 unspecified atom stereocenters. The minimum Gasteiger partial charge on any atom is -0.493 e. The van der Waals surface area contributed by atoms with Gasteiger partial charge in [-0.1, -0.05) is 31.1 Å². The van der Waals surface area contributed by atoms with Crippen LogP contribution in [0, 0.1) is 0 Å². The molecule has 0 amide bonds. The average Bonchev–Trinajstić information content (AvgIpc) is 3.09. The summed E-state index contributed by atoms with van der Waals surface area (Å²) in [7, 11) is 5.01. The number of methoxy groups -OCH3 is 2. The van der Waals surface area contributed by atoms with E-state index in [1.54, 1.807) is 21.3 Å². The predicted molar refractivity (Wildman–Crippen MR) is 117 cm³/mol. The molecule has 150 valence electrons. The molecular formula is C19H29IN4O3. The largest absolute Gasteiger partial charge is 0.493 e. The standard InChI is InChI=1S/C19H28N4O3.HI/c1-6-15-14(16(7-2)26-23-15)12-22-19(20-3)21-11-13-9-8-10-17(24-4)18(13)25-5;/h8-10H,6-7,11-12H2,1-5H3,(H2,20,21,22);1H. The summed E-state index contributed by atoms with van der Waals surface area (Å²) in [5, 5.41) is 10.8. The van der Waals surface area contributed by atoms with Gasteiger partial charge in [0.15, 0.2) is 17.5 Å². The van der Waals surface area contributed by atoms with Crippen molar-refractivity contribution >= 4 is 29.9 Å². The Labute approximate surface area is 177 Å². The van der Waals surface area contributed by atoms with Crippen molar-refractivity contribution in [2.45, 2.75) is 39.8 Å². The number of halogens is 1. The van der Waals surface area contributed by atoms with Crippen LogP contribution in [0.1, 0.15) is 36.4 Å². The first kappa shape index (κ1) is 23.1. The van der Waals surface area contributed by atoms with Gasteiger partial charge in [0.25, 0.3) is 0 Å². The summed E-state index contributed by atoms with van der Waals surface area (Å²) in [6, 6.07) is 5.80. The number of nitrogens with zero attached hydrogens (tertiary/aromatic N) is 2. The summed E-state index contributed by atoms with van der Waals surface area (Å²) >= 11 is 0. The van der Waals surface area contributed by atoms with E-state index >= 15 is 0 Å². The molecule has 1 aromatic carbocycles. The smallest absolute Gasteiger partial charge is 0.191 e. The number of para-hydroxylation sites is 1. The molecule has 2 N–H and O–H groups in total. The topological polar surface area (TPSA) is 80.9 Å². The van der Waals surface area contributed by atoms with Gasteiger partial charge in [0.2, 0.25) is 0 Å². The monoisotopic (exact) mass is 488 g/mol. The van der Waals surface area contributed by atoms with Crippen molar-refractivity contribution in [3.05, 3.63) is 40.8 Å². The number of guanidine groups is 1. The van der Waals surface area contributed by atoms with Crippen LogP contribution in [0.4, 0.5) is 0 Å². The van der Waals surface area contributed by atoms with E-state index < -0.39 is 0 Å². The molecule has 2 aromatic rings. The van der Waals surface area contributed by atoms with Crippen LogP contribution in [0.15, 0.2) is 27.7 Å². The molecule has 27 heavy (non-hydrogen) atoms. The van der Waals surface area contributed by atoms with Crippen LogP contribution < -0.4 is 20.1 Å². The fraction of sp³-hybridized carbons (Fsp3) is 0.474. The van der Waals surface area contributed by atoms with Gasteiger partial charge in [0, 0.05) is 37.7 Å². The first-order valence-electron chi connectivity index (χ1n) is 8.79. The lowest BCUT2D eigenvalue weighted by Gasteiger charge is -2.15. The SMILES string of the molecule is CCc1noc(CC)c1CNC(=NC)NCc1cccc(OC)c1OC.I. The van der Waals surface area contributed by atoms with Gasteiger partial charge in [-0.15, -0.1) is 24.0 Å². The third kappa shape index (κ3) is 5.75. The van der Waals surface area contributed by atoms with E-state index in [1.807, 2.05) is 18.2 Å². The van der Waals surface area contributed by atoms with Crippen LogP contribution in [-0.4, -0.2) is 32.4 Å². The van der Waals surface area contributed by atoms with E-state index in [-0.39, 0.29) is 24.0 Å². The summed E-state index contributed by atoms with van der Waals surface area (Å²) in [5.74, 6) is 3.04. The summed E-state index contributed by atoms with van der Waals surface area (Å²) in [5.41, 5.74) is 3.08. The van der Waals surface area contributed by atoms with Gasteiger partial charge in [0.05, 0.1) is 19.9 Å². The molecule has 0 atom stereocenters. The van der Waals surface area contributed by atoms with Gasteiger partial charge in [-0.05, 0) is 12.5 Å². The zero-order valence-corrected chi connectivity index (χ0v) is 18.9. The normalized spacial score (nSPS) is 10.9. The van der Waals surface area contributed by atoms with Crippen LogP contribution >= 0.6 is 24.0 Å². The molecule has 0 fully saturated rings. The zero-order valence-electron chi connectivity index (χ0n) is 16.6. The number of nitrogens with one attached hydrogen (secondary N) is 2. The molecule has 0 saturated carbocycles. The lowest BCUT2D eigenvalue weighted by molar-refractivity contribution is 0.351. The summed E-state index contributed by atoms with van der Waals surface area (Å²) in [6.07, 6.45) is 1.66. The molecule has 0 aliphatic heterocycles. The van der Waals surface area contributed by atoms with E-state index in [0.29, 0.717) is 24.8 Å². The Morgan fingerprint density at radius 3 is 2.44 bits per heavy atom. The Balaban J connectivity index is 0.00000364. The highest BCUT2D eigenvalue weighted by atomic mass is 127. The Kier molecular flexibility index (Phi) is 9.98. The van der Waals surface area contributed by atoms with Crippen LogP contribution in [0.3, 0.4) is 0 Å². The van der Waals surface area contributed by atoms with Crippen LogP contribution in [0.25, 0.3) is 0 Å². The number of aryl methyl sites for hydroxylation is 2. The van der Waals surface area contributed by atoms with Crippen molar-refractivity contribution in [3.8, 4) is 11.5 Å². The lowest BCUT2D eigenvalue weighted by Crippen LogP contribution is -2.36. The third-order valence-corrected chi connectivity index (χ3v) is 4.19. The van der Waals surface area contributed by atoms with Crippen molar-refractivity contribution in [1.82, 2.24) is 15.8 Å². The highest BCUT2D eigenvalue weighted by Gasteiger charge is 2.14. The van der Waals surface area contributed by atoms with E-state index in [4.69, 9.17) is 14.0 Å². The Morgan fingerprint density at radius 1 is 1.11 bits per heavy atom. The quantitative estimate of drug-likeness (QED) is 0.337. The number of rotatable bonds is 8. The molecule has 0 spiro atoms. The van der Waals surface area contributed by atoms with Crippen molar-refractivity contribution in [1.29, 1.82) is 0 Å². The second kappa shape index (κ2) is 11.7. The predicted octanol–water partition coefficient (Wildman–Crippen LogP) is 3.30. The maximum Gasteiger partial charge on any atom is 0.191 e. The first-order valence-corrected chi connectivity index (χ1v) is 8.79. The van der Waals surface area contributed by atoms with Crippen molar-refractivity contribution in [2.24, 2.45) is 4.99 Å². The maximum atomic E-state index is 5.47.